The number of alkyl halides is 3. The van der Waals surface area contributed by atoms with Gasteiger partial charge >= 0.3 is 6.18 Å². The number of aryl methyl sites for hydroxylation is 1. The fourth-order valence-electron chi connectivity index (χ4n) is 2.16. The quantitative estimate of drug-likeness (QED) is 0.857. The normalized spacial score (nSPS) is 14.1. The third kappa shape index (κ3) is 3.55. The first-order valence-corrected chi connectivity index (χ1v) is 7.52. The lowest BCUT2D eigenvalue weighted by Gasteiger charge is -2.29. The Kier molecular flexibility index (Phi) is 5.20. The average Bonchev–Trinajstić information content (AvgIpc) is 2.55. The zero-order valence-corrected chi connectivity index (χ0v) is 13.4. The number of carbonyl (C=O) groups excluding carboxylic acids is 1. The van der Waals surface area contributed by atoms with Gasteiger partial charge in [-0.15, -0.1) is 0 Å². The summed E-state index contributed by atoms with van der Waals surface area (Å²) in [5, 5.41) is 12.6. The third-order valence-electron chi connectivity index (χ3n) is 3.62. The molecule has 0 spiro atoms. The topological polar surface area (TPSA) is 49.3 Å². The summed E-state index contributed by atoms with van der Waals surface area (Å²) < 4.78 is 40.4. The molecule has 2 N–H and O–H groups in total. The second-order valence-electron chi connectivity index (χ2n) is 5.22. The number of hydrogen-bond donors (Lipinski definition) is 2. The lowest BCUT2D eigenvalue weighted by atomic mass is 9.91. The molecule has 0 aliphatic heterocycles. The Morgan fingerprint density at radius 1 is 1.08 bits per heavy atom. The summed E-state index contributed by atoms with van der Waals surface area (Å²) in [6.45, 7) is 1.85. The van der Waals surface area contributed by atoms with Gasteiger partial charge in [0, 0.05) is 16.3 Å². The van der Waals surface area contributed by atoms with Crippen molar-refractivity contribution in [1.82, 2.24) is 0 Å². The number of halogens is 4. The van der Waals surface area contributed by atoms with Gasteiger partial charge in [-0.25, -0.2) is 0 Å². The number of carbonyl (C=O) groups is 1. The monoisotopic (exact) mass is 357 g/mol. The van der Waals surface area contributed by atoms with E-state index in [0.717, 1.165) is 17.7 Å². The van der Waals surface area contributed by atoms with Crippen molar-refractivity contribution in [2.24, 2.45) is 0 Å². The summed E-state index contributed by atoms with van der Waals surface area (Å²) in [6, 6.07) is 10.6. The first-order valence-electron chi connectivity index (χ1n) is 7.14. The van der Waals surface area contributed by atoms with Crippen molar-refractivity contribution in [2.75, 3.05) is 5.32 Å². The molecule has 0 heterocycles. The van der Waals surface area contributed by atoms with Gasteiger partial charge in [-0.1, -0.05) is 42.8 Å². The third-order valence-corrected chi connectivity index (χ3v) is 3.87. The van der Waals surface area contributed by atoms with Crippen LogP contribution in [-0.4, -0.2) is 17.2 Å². The molecule has 128 valence electrons. The van der Waals surface area contributed by atoms with E-state index in [-0.39, 0.29) is 5.69 Å². The van der Waals surface area contributed by atoms with E-state index in [4.69, 9.17) is 11.6 Å². The van der Waals surface area contributed by atoms with Crippen LogP contribution in [0.15, 0.2) is 48.5 Å². The number of rotatable bonds is 4. The molecule has 0 radical (unpaired) electrons. The van der Waals surface area contributed by atoms with E-state index in [2.05, 4.69) is 5.32 Å². The van der Waals surface area contributed by atoms with Crippen LogP contribution in [-0.2, 0) is 16.8 Å². The molecule has 3 nitrogen and oxygen atoms in total. The van der Waals surface area contributed by atoms with Crippen molar-refractivity contribution < 1.29 is 23.1 Å². The molecule has 2 aromatic carbocycles. The lowest BCUT2D eigenvalue weighted by Crippen LogP contribution is -2.52. The van der Waals surface area contributed by atoms with Gasteiger partial charge in [0.25, 0.3) is 11.5 Å². The number of anilines is 1. The minimum atomic E-state index is -5.18. The van der Waals surface area contributed by atoms with Gasteiger partial charge < -0.3 is 10.4 Å². The van der Waals surface area contributed by atoms with Crippen molar-refractivity contribution >= 4 is 23.2 Å². The molecule has 0 saturated heterocycles. The molecule has 24 heavy (non-hydrogen) atoms. The van der Waals surface area contributed by atoms with Crippen LogP contribution in [0.2, 0.25) is 5.02 Å². The van der Waals surface area contributed by atoms with Crippen molar-refractivity contribution in [3.8, 4) is 0 Å². The van der Waals surface area contributed by atoms with E-state index in [1.165, 1.54) is 36.4 Å². The van der Waals surface area contributed by atoms with Gasteiger partial charge in [0.2, 0.25) is 0 Å². The smallest absolute Gasteiger partial charge is 0.368 e. The Morgan fingerprint density at radius 2 is 1.62 bits per heavy atom. The summed E-state index contributed by atoms with van der Waals surface area (Å²) in [6.07, 6.45) is -4.56. The standard InChI is InChI=1S/C17H15ClF3NO2/c1-2-11-3-5-12(6-4-11)16(24,17(19,20)21)15(23)22-14-9-7-13(18)8-10-14/h3-10,24H,2H2,1H3,(H,22,23). The lowest BCUT2D eigenvalue weighted by molar-refractivity contribution is -0.254. The highest BCUT2D eigenvalue weighted by molar-refractivity contribution is 6.30. The van der Waals surface area contributed by atoms with Crippen LogP contribution < -0.4 is 5.32 Å². The minimum absolute atomic E-state index is 0.0947. The van der Waals surface area contributed by atoms with E-state index in [9.17, 15) is 23.1 Å². The van der Waals surface area contributed by atoms with Gasteiger partial charge in [0.05, 0.1) is 0 Å². The molecular formula is C17H15ClF3NO2. The zero-order valence-electron chi connectivity index (χ0n) is 12.7. The van der Waals surface area contributed by atoms with Crippen LogP contribution in [0, 0.1) is 0 Å². The van der Waals surface area contributed by atoms with Crippen LogP contribution in [0.1, 0.15) is 18.1 Å². The molecule has 2 rings (SSSR count). The summed E-state index contributed by atoms with van der Waals surface area (Å²) in [7, 11) is 0. The number of amides is 1. The summed E-state index contributed by atoms with van der Waals surface area (Å²) >= 11 is 5.69. The highest BCUT2D eigenvalue weighted by Gasteiger charge is 2.60. The Balaban J connectivity index is 2.39. The van der Waals surface area contributed by atoms with E-state index in [1.54, 1.807) is 0 Å². The molecule has 0 aromatic heterocycles. The summed E-state index contributed by atoms with van der Waals surface area (Å²) in [4.78, 5) is 12.2. The zero-order chi connectivity index (χ0) is 18.0. The first kappa shape index (κ1) is 18.3. The molecule has 1 unspecified atom stereocenters. The fourth-order valence-corrected chi connectivity index (χ4v) is 2.29. The molecule has 2 aromatic rings. The molecule has 0 fully saturated rings. The Morgan fingerprint density at radius 3 is 2.08 bits per heavy atom. The van der Waals surface area contributed by atoms with Crippen LogP contribution >= 0.6 is 11.6 Å². The van der Waals surface area contributed by atoms with E-state index in [0.29, 0.717) is 11.4 Å². The molecule has 1 atom stereocenters. The van der Waals surface area contributed by atoms with E-state index in [1.807, 2.05) is 6.92 Å². The van der Waals surface area contributed by atoms with Crippen LogP contribution in [0.3, 0.4) is 0 Å². The maximum atomic E-state index is 13.5. The van der Waals surface area contributed by atoms with Crippen molar-refractivity contribution in [2.45, 2.75) is 25.1 Å². The fraction of sp³-hybridized carbons (Fsp3) is 0.235. The first-order chi connectivity index (χ1) is 11.2. The molecule has 0 saturated carbocycles. The molecule has 7 heteroatoms. The molecule has 1 amide bonds. The van der Waals surface area contributed by atoms with Crippen LogP contribution in [0.5, 0.6) is 0 Å². The molecular weight excluding hydrogens is 343 g/mol. The molecule has 0 aliphatic carbocycles. The van der Waals surface area contributed by atoms with Crippen molar-refractivity contribution in [1.29, 1.82) is 0 Å². The van der Waals surface area contributed by atoms with Gasteiger partial charge in [-0.3, -0.25) is 4.79 Å². The van der Waals surface area contributed by atoms with Gasteiger partial charge in [-0.05, 0) is 36.2 Å². The minimum Gasteiger partial charge on any atom is -0.368 e. The SMILES string of the molecule is CCc1ccc(C(O)(C(=O)Nc2ccc(Cl)cc2)C(F)(F)F)cc1. The van der Waals surface area contributed by atoms with Crippen molar-refractivity contribution in [3.63, 3.8) is 0 Å². The Bertz CT molecular complexity index is 714. The second-order valence-corrected chi connectivity index (χ2v) is 5.66. The number of hydrogen-bond acceptors (Lipinski definition) is 2. The second kappa shape index (κ2) is 6.83. The van der Waals surface area contributed by atoms with Crippen LogP contribution in [0.25, 0.3) is 0 Å². The number of aliphatic hydroxyl groups is 1. The predicted molar refractivity (Wildman–Crippen MR) is 85.9 cm³/mol. The molecule has 0 aliphatic rings. The molecule has 0 bridgehead atoms. The van der Waals surface area contributed by atoms with Gasteiger partial charge in [0.1, 0.15) is 0 Å². The van der Waals surface area contributed by atoms with Gasteiger partial charge in [0.15, 0.2) is 0 Å². The largest absolute Gasteiger partial charge is 0.430 e. The van der Waals surface area contributed by atoms with Gasteiger partial charge in [-0.2, -0.15) is 13.2 Å². The maximum Gasteiger partial charge on any atom is 0.430 e. The highest BCUT2D eigenvalue weighted by atomic mass is 35.5. The predicted octanol–water partition coefficient (Wildman–Crippen LogP) is 4.29. The number of nitrogens with one attached hydrogen (secondary N) is 1. The summed E-state index contributed by atoms with van der Waals surface area (Å²) in [5.41, 5.74) is -3.31. The maximum absolute atomic E-state index is 13.5. The van der Waals surface area contributed by atoms with E-state index >= 15 is 0 Å². The highest BCUT2D eigenvalue weighted by Crippen LogP contribution is 2.40. The average molecular weight is 358 g/mol. The Labute approximate surface area is 142 Å². The Hall–Kier alpha value is -2.05. The number of benzene rings is 2. The van der Waals surface area contributed by atoms with E-state index < -0.39 is 23.2 Å². The van der Waals surface area contributed by atoms with Crippen LogP contribution in [0.4, 0.5) is 18.9 Å². The van der Waals surface area contributed by atoms with Crippen molar-refractivity contribution in [3.05, 3.63) is 64.7 Å². The summed E-state index contributed by atoms with van der Waals surface area (Å²) in [5.74, 6) is -1.58.